The second kappa shape index (κ2) is 7.53. The molecule has 1 aliphatic rings. The molecule has 0 unspecified atom stereocenters. The monoisotopic (exact) mass is 389 g/mol. The third-order valence-electron chi connectivity index (χ3n) is 3.86. The highest BCUT2D eigenvalue weighted by Crippen LogP contribution is 2.36. The molecule has 0 aliphatic carbocycles. The highest BCUT2D eigenvalue weighted by Gasteiger charge is 2.44. The van der Waals surface area contributed by atoms with E-state index in [0.29, 0.717) is 23.5 Å². The number of imidazole rings is 1. The standard InChI is InChI=1S/C13H20N5O7P/c1-2-14-11-8-12(16-4-15-11)18(5-17-8)13-10(20)9(19)7(25-13)3-24-6-26(21,22)23/h4-5,7,9-10,13,19-20H,2-3,6H2,1H3,(H,14,15,16)(H2,21,22,23)/t7-,9-,10-,13-/m1/s1. The van der Waals surface area contributed by atoms with Crippen LogP contribution in [-0.2, 0) is 14.0 Å². The van der Waals surface area contributed by atoms with Crippen LogP contribution in [0.15, 0.2) is 12.7 Å². The third-order valence-corrected chi connectivity index (χ3v) is 4.37. The predicted molar refractivity (Wildman–Crippen MR) is 88.3 cm³/mol. The number of aliphatic hydroxyl groups is 2. The Morgan fingerprint density at radius 2 is 2.08 bits per heavy atom. The van der Waals surface area contributed by atoms with Gasteiger partial charge in [-0.1, -0.05) is 0 Å². The molecule has 2 aromatic heterocycles. The molecular weight excluding hydrogens is 369 g/mol. The average molecular weight is 389 g/mol. The van der Waals surface area contributed by atoms with E-state index in [1.807, 2.05) is 6.92 Å². The van der Waals surface area contributed by atoms with Crippen LogP contribution in [0.2, 0.25) is 0 Å². The van der Waals surface area contributed by atoms with E-state index in [4.69, 9.17) is 19.3 Å². The molecule has 0 saturated carbocycles. The van der Waals surface area contributed by atoms with Crippen molar-refractivity contribution in [3.05, 3.63) is 12.7 Å². The Labute approximate surface area is 148 Å². The summed E-state index contributed by atoms with van der Waals surface area (Å²) >= 11 is 0. The molecule has 144 valence electrons. The Morgan fingerprint density at radius 3 is 2.77 bits per heavy atom. The molecule has 1 aliphatic heterocycles. The normalized spacial score (nSPS) is 26.5. The minimum atomic E-state index is -4.33. The molecule has 0 aromatic carbocycles. The highest BCUT2D eigenvalue weighted by molar-refractivity contribution is 7.51. The number of nitrogens with zero attached hydrogens (tertiary/aromatic N) is 4. The fourth-order valence-electron chi connectivity index (χ4n) is 2.72. The second-order valence-electron chi connectivity index (χ2n) is 5.79. The maximum Gasteiger partial charge on any atom is 0.350 e. The van der Waals surface area contributed by atoms with Crippen LogP contribution in [0, 0.1) is 0 Å². The number of ether oxygens (including phenoxy) is 2. The predicted octanol–water partition coefficient (Wildman–Crippen LogP) is -0.971. The summed E-state index contributed by atoms with van der Waals surface area (Å²) in [5, 5.41) is 23.5. The molecule has 1 fully saturated rings. The summed E-state index contributed by atoms with van der Waals surface area (Å²) < 4.78 is 22.8. The number of rotatable bonds is 7. The zero-order valence-corrected chi connectivity index (χ0v) is 14.7. The smallest absolute Gasteiger partial charge is 0.350 e. The topological polar surface area (TPSA) is 172 Å². The molecule has 0 bridgehead atoms. The van der Waals surface area contributed by atoms with E-state index >= 15 is 0 Å². The first-order valence-corrected chi connectivity index (χ1v) is 9.67. The van der Waals surface area contributed by atoms with Gasteiger partial charge >= 0.3 is 7.60 Å². The van der Waals surface area contributed by atoms with Crippen LogP contribution in [-0.4, -0.2) is 77.3 Å². The summed E-state index contributed by atoms with van der Waals surface area (Å²) in [4.78, 5) is 30.1. The van der Waals surface area contributed by atoms with Crippen molar-refractivity contribution in [2.45, 2.75) is 31.5 Å². The van der Waals surface area contributed by atoms with Crippen LogP contribution in [0.4, 0.5) is 5.82 Å². The molecule has 3 rings (SSSR count). The SMILES string of the molecule is CCNc1ncnc2c1ncn2[C@@H]1O[C@H](COCP(=O)(O)O)[C@@H](O)[C@H]1O. The zero-order valence-electron chi connectivity index (χ0n) is 13.8. The van der Waals surface area contributed by atoms with Crippen LogP contribution < -0.4 is 5.32 Å². The van der Waals surface area contributed by atoms with Crippen molar-refractivity contribution >= 4 is 24.6 Å². The van der Waals surface area contributed by atoms with E-state index in [2.05, 4.69) is 20.3 Å². The minimum absolute atomic E-state index is 0.288. The molecule has 4 atom stereocenters. The number of nitrogens with one attached hydrogen (secondary N) is 1. The largest absolute Gasteiger partial charge is 0.387 e. The van der Waals surface area contributed by atoms with Gasteiger partial charge in [0.05, 0.1) is 12.9 Å². The van der Waals surface area contributed by atoms with Gasteiger partial charge in [0.1, 0.15) is 31.0 Å². The van der Waals surface area contributed by atoms with Gasteiger partial charge < -0.3 is 34.8 Å². The first-order chi connectivity index (χ1) is 12.3. The molecule has 0 spiro atoms. The fraction of sp³-hybridized carbons (Fsp3) is 0.615. The van der Waals surface area contributed by atoms with E-state index in [1.165, 1.54) is 17.2 Å². The van der Waals surface area contributed by atoms with Crippen molar-refractivity contribution in [3.63, 3.8) is 0 Å². The molecule has 0 radical (unpaired) electrons. The molecule has 2 aromatic rings. The summed E-state index contributed by atoms with van der Waals surface area (Å²) in [7, 11) is -4.33. The summed E-state index contributed by atoms with van der Waals surface area (Å²) in [6, 6.07) is 0. The van der Waals surface area contributed by atoms with Crippen LogP contribution in [0.25, 0.3) is 11.2 Å². The van der Waals surface area contributed by atoms with E-state index in [0.717, 1.165) is 0 Å². The molecule has 5 N–H and O–H groups in total. The molecule has 3 heterocycles. The summed E-state index contributed by atoms with van der Waals surface area (Å²) in [6.45, 7) is 2.26. The first kappa shape index (κ1) is 19.1. The van der Waals surface area contributed by atoms with Gasteiger partial charge in [0.25, 0.3) is 0 Å². The molecule has 13 heteroatoms. The lowest BCUT2D eigenvalue weighted by Crippen LogP contribution is -2.33. The first-order valence-electron chi connectivity index (χ1n) is 7.87. The van der Waals surface area contributed by atoms with Crippen molar-refractivity contribution < 1.29 is 34.0 Å². The number of hydrogen-bond acceptors (Lipinski definition) is 9. The summed E-state index contributed by atoms with van der Waals surface area (Å²) in [5.74, 6) is 0.533. The van der Waals surface area contributed by atoms with Crippen molar-refractivity contribution in [3.8, 4) is 0 Å². The Bertz CT molecular complexity index is 811. The molecule has 1 saturated heterocycles. The third kappa shape index (κ3) is 3.86. The Morgan fingerprint density at radius 1 is 1.31 bits per heavy atom. The highest BCUT2D eigenvalue weighted by atomic mass is 31.2. The zero-order chi connectivity index (χ0) is 18.9. The number of anilines is 1. The van der Waals surface area contributed by atoms with Crippen molar-refractivity contribution in [1.29, 1.82) is 0 Å². The van der Waals surface area contributed by atoms with Crippen LogP contribution in [0.1, 0.15) is 13.2 Å². The molecule has 12 nitrogen and oxygen atoms in total. The van der Waals surface area contributed by atoms with Crippen LogP contribution in [0.3, 0.4) is 0 Å². The number of aromatic nitrogens is 4. The number of hydrogen-bond donors (Lipinski definition) is 5. The lowest BCUT2D eigenvalue weighted by molar-refractivity contribution is -0.0612. The quantitative estimate of drug-likeness (QED) is 0.369. The Kier molecular flexibility index (Phi) is 5.53. The Hall–Kier alpha value is -1.66. The van der Waals surface area contributed by atoms with E-state index in [1.54, 1.807) is 0 Å². The summed E-state index contributed by atoms with van der Waals surface area (Å²) in [5.41, 5.74) is 0.893. The maximum absolute atomic E-state index is 10.8. The van der Waals surface area contributed by atoms with Gasteiger partial charge in [-0.2, -0.15) is 0 Å². The van der Waals surface area contributed by atoms with Gasteiger partial charge in [-0.25, -0.2) is 15.0 Å². The summed E-state index contributed by atoms with van der Waals surface area (Å²) in [6.07, 6.45) is -2.58. The van der Waals surface area contributed by atoms with Gasteiger partial charge in [0, 0.05) is 6.54 Å². The van der Waals surface area contributed by atoms with Gasteiger partial charge in [-0.05, 0) is 6.92 Å². The number of aliphatic hydroxyl groups excluding tert-OH is 2. The van der Waals surface area contributed by atoms with Gasteiger partial charge in [-0.15, -0.1) is 0 Å². The second-order valence-corrected chi connectivity index (χ2v) is 7.38. The minimum Gasteiger partial charge on any atom is -0.387 e. The van der Waals surface area contributed by atoms with Crippen molar-refractivity contribution in [1.82, 2.24) is 19.5 Å². The molecule has 26 heavy (non-hydrogen) atoms. The maximum atomic E-state index is 10.8. The van der Waals surface area contributed by atoms with Crippen molar-refractivity contribution in [2.24, 2.45) is 0 Å². The fourth-order valence-corrected chi connectivity index (χ4v) is 3.06. The van der Waals surface area contributed by atoms with Gasteiger partial charge in [0.2, 0.25) is 0 Å². The number of fused-ring (bicyclic) bond motifs is 1. The van der Waals surface area contributed by atoms with E-state index in [9.17, 15) is 14.8 Å². The van der Waals surface area contributed by atoms with Gasteiger partial charge in [-0.3, -0.25) is 9.13 Å². The molecular formula is C13H20N5O7P. The molecule has 0 amide bonds. The van der Waals surface area contributed by atoms with Crippen molar-refractivity contribution in [2.75, 3.05) is 24.8 Å². The van der Waals surface area contributed by atoms with Crippen LogP contribution in [0.5, 0.6) is 0 Å². The lowest BCUT2D eigenvalue weighted by Gasteiger charge is -2.16. The average Bonchev–Trinajstić information content (AvgIpc) is 3.11. The Balaban J connectivity index is 1.78. The van der Waals surface area contributed by atoms with E-state index in [-0.39, 0.29) is 6.61 Å². The van der Waals surface area contributed by atoms with E-state index < -0.39 is 38.5 Å². The lowest BCUT2D eigenvalue weighted by atomic mass is 10.1. The van der Waals surface area contributed by atoms with Gasteiger partial charge in [0.15, 0.2) is 23.2 Å². The van der Waals surface area contributed by atoms with Crippen LogP contribution >= 0.6 is 7.60 Å².